The van der Waals surface area contributed by atoms with E-state index in [1.54, 1.807) is 105 Å². The number of likely N-dealkylation sites (tertiary alicyclic amines) is 2. The van der Waals surface area contributed by atoms with E-state index in [4.69, 9.17) is 24.0 Å². The van der Waals surface area contributed by atoms with Crippen molar-refractivity contribution in [1.82, 2.24) is 64.7 Å². The van der Waals surface area contributed by atoms with Crippen LogP contribution in [-0.4, -0.2) is 327 Å². The lowest BCUT2D eigenvalue weighted by Gasteiger charge is -2.38. The van der Waals surface area contributed by atoms with Gasteiger partial charge in [-0.05, 0) is 114 Å². The highest BCUT2D eigenvalue weighted by Crippen LogP contribution is 2.34. The number of rotatable bonds is 27. The van der Waals surface area contributed by atoms with Crippen LogP contribution in [0.2, 0.25) is 0 Å². The van der Waals surface area contributed by atoms with E-state index in [-0.39, 0.29) is 162 Å². The number of alkyl halides is 4. The topological polar surface area (TPSA) is 419 Å². The summed E-state index contributed by atoms with van der Waals surface area (Å²) in [5, 5.41) is 29.6. The van der Waals surface area contributed by atoms with Crippen molar-refractivity contribution >= 4 is 111 Å². The lowest BCUT2D eigenvalue weighted by molar-refractivity contribution is -0.323. The van der Waals surface area contributed by atoms with Gasteiger partial charge in [0, 0.05) is 153 Å². The quantitative estimate of drug-likeness (QED) is 0.0157. The van der Waals surface area contributed by atoms with E-state index in [0.717, 1.165) is 0 Å². The van der Waals surface area contributed by atoms with Gasteiger partial charge in [0.15, 0.2) is 0 Å². The molecule has 4 saturated heterocycles. The number of anilines is 2. The second kappa shape index (κ2) is 42.2. The van der Waals surface area contributed by atoms with Gasteiger partial charge in [-0.25, -0.2) is 22.4 Å². The lowest BCUT2D eigenvalue weighted by atomic mass is 10.0. The fraction of sp³-hybridized carbons (Fsp3) is 0.602. The Morgan fingerprint density at radius 3 is 1.20 bits per heavy atom. The Balaban J connectivity index is 1.06. The van der Waals surface area contributed by atoms with Crippen molar-refractivity contribution in [2.45, 2.75) is 186 Å². The van der Waals surface area contributed by atoms with E-state index in [9.17, 15) is 85.6 Å². The standard InChI is InChI=1S/C83H111F4N17O18/c1-78(2,3)118-70(112)48-96-27-29-97(49-71(113)119-79(4,5)6)31-33-100(34-32-98(30-28-96)50-72(114)120-80(7,8)9)63(77(117)121-122-81(10,11)12)41-54(51-105)99-35-37-101(66(108)21-19-64(106)94-61-17-13-15-57-59(23-25-90-73(57)61)75(115)92-46-68(110)103-52-82(84,85)42-55(103)44-88)39-40-102(38-36-99)67(109)22-20-65(107)95-62-18-14-16-58-60(24-26-91-74(58)62)76(116)93-47-69(111)104-53-83(86,87)43-56(104)45-89/h13-18,23-26,51,54-56,63H,19-22,27-43,46-50,52-53H2,1-12H3,(H,92,115)(H,93,116)(H,94,106)(H,95,107)/t54?,55-,56-,63?/m0/s1. The van der Waals surface area contributed by atoms with Crippen molar-refractivity contribution in [3.63, 3.8) is 0 Å². The monoisotopic (exact) mass is 1710 g/mol. The van der Waals surface area contributed by atoms with Gasteiger partial charge in [-0.15, -0.1) is 0 Å². The molecular formula is C83H111F4N17O18. The number of aromatic nitrogens is 2. The van der Waals surface area contributed by atoms with Crippen LogP contribution in [0.15, 0.2) is 60.9 Å². The number of nitrogens with zero attached hydrogens (tertiary/aromatic N) is 13. The van der Waals surface area contributed by atoms with Crippen molar-refractivity contribution in [1.29, 1.82) is 10.5 Å². The highest BCUT2D eigenvalue weighted by Gasteiger charge is 2.49. The fourth-order valence-corrected chi connectivity index (χ4v) is 14.3. The van der Waals surface area contributed by atoms with Gasteiger partial charge in [-0.1, -0.05) is 24.3 Å². The molecule has 0 bridgehead atoms. The molecule has 4 aromatic rings. The Bertz CT molecular complexity index is 4330. The molecule has 0 saturated carbocycles. The van der Waals surface area contributed by atoms with E-state index in [1.165, 1.54) is 70.7 Å². The highest BCUT2D eigenvalue weighted by atomic mass is 19.3. The molecule has 6 heterocycles. The molecule has 4 aliphatic heterocycles. The van der Waals surface area contributed by atoms with E-state index in [1.807, 2.05) is 14.7 Å². The summed E-state index contributed by atoms with van der Waals surface area (Å²) >= 11 is 0. The van der Waals surface area contributed by atoms with Gasteiger partial charge in [0.2, 0.25) is 35.4 Å². The molecule has 35 nitrogen and oxygen atoms in total. The summed E-state index contributed by atoms with van der Waals surface area (Å²) in [6.07, 6.45) is -0.609. The third kappa shape index (κ3) is 29.7. The first-order valence-electron chi connectivity index (χ1n) is 40.5. The molecule has 0 aliphatic carbocycles. The molecule has 122 heavy (non-hydrogen) atoms. The molecule has 39 heteroatoms. The molecule has 0 spiro atoms. The Kier molecular flexibility index (Phi) is 33.4. The molecule has 0 radical (unpaired) electrons. The first-order valence-corrected chi connectivity index (χ1v) is 40.5. The smallest absolute Gasteiger partial charge is 0.359 e. The van der Waals surface area contributed by atoms with Gasteiger partial charge in [0.25, 0.3) is 23.7 Å². The number of aldehydes is 1. The Labute approximate surface area is 705 Å². The SMILES string of the molecule is CC(C)(C)OOC(=O)C(CC(C=O)N1CCN(C(=O)CCC(=O)Nc2cccc3c(C(=O)NCC(=O)N4CC(F)(F)C[C@H]4C#N)ccnc23)CCN(C(=O)CCC(=O)Nc2cccc3c(C(=O)NCC(=O)N4CC(F)(F)C[C@H]4C#N)ccnc23)CC1)N1CCN(CC(=O)OC(C)(C)C)CCN(CC(=O)OC(C)(C)C)CCN(CC(=O)OC(C)(C)C)CC1. The Hall–Kier alpha value is -11.0. The van der Waals surface area contributed by atoms with E-state index in [2.05, 4.69) is 31.2 Å². The number of benzene rings is 2. The van der Waals surface area contributed by atoms with Crippen LogP contribution in [0.3, 0.4) is 0 Å². The van der Waals surface area contributed by atoms with Crippen molar-refractivity contribution in [3.05, 3.63) is 72.1 Å². The third-order valence-corrected chi connectivity index (χ3v) is 20.0. The minimum absolute atomic E-state index is 0.00146. The summed E-state index contributed by atoms with van der Waals surface area (Å²) in [7, 11) is 0. The minimum atomic E-state index is -3.29. The summed E-state index contributed by atoms with van der Waals surface area (Å²) in [5.74, 6) is -15.1. The summed E-state index contributed by atoms with van der Waals surface area (Å²) in [4.78, 5) is 214. The molecule has 4 aliphatic rings. The largest absolute Gasteiger partial charge is 0.459 e. The number of hydrogen-bond donors (Lipinski definition) is 4. The second-order valence-corrected chi connectivity index (χ2v) is 34.5. The van der Waals surface area contributed by atoms with Gasteiger partial charge < -0.3 is 59.9 Å². The number of fused-ring (bicyclic) bond motifs is 2. The predicted molar refractivity (Wildman–Crippen MR) is 434 cm³/mol. The Morgan fingerprint density at radius 1 is 0.492 bits per heavy atom. The number of carbonyl (C=O) groups is 13. The van der Waals surface area contributed by atoms with Gasteiger partial charge in [-0.2, -0.15) is 15.4 Å². The summed E-state index contributed by atoms with van der Waals surface area (Å²) in [6, 6.07) is 9.72. The number of nitriles is 2. The van der Waals surface area contributed by atoms with Crippen LogP contribution >= 0.6 is 0 Å². The van der Waals surface area contributed by atoms with E-state index in [0.29, 0.717) is 16.1 Å². The first-order chi connectivity index (χ1) is 57.2. The zero-order chi connectivity index (χ0) is 89.8. The average Bonchev–Trinajstić information content (AvgIpc) is 1.41. The van der Waals surface area contributed by atoms with Crippen molar-refractivity contribution in [2.24, 2.45) is 0 Å². The zero-order valence-corrected chi connectivity index (χ0v) is 71.1. The Morgan fingerprint density at radius 2 is 0.852 bits per heavy atom. The van der Waals surface area contributed by atoms with Crippen molar-refractivity contribution < 1.29 is 104 Å². The van der Waals surface area contributed by atoms with E-state index >= 15 is 4.79 Å². The minimum Gasteiger partial charge on any atom is -0.459 e. The lowest BCUT2D eigenvalue weighted by Crippen LogP contribution is -2.55. The highest BCUT2D eigenvalue weighted by molar-refractivity contribution is 6.12. The maximum Gasteiger partial charge on any atom is 0.359 e. The number of hydrogen-bond acceptors (Lipinski definition) is 27. The van der Waals surface area contributed by atoms with Crippen LogP contribution in [-0.2, 0) is 76.7 Å². The van der Waals surface area contributed by atoms with Gasteiger partial charge >= 0.3 is 23.9 Å². The number of para-hydroxylation sites is 2. The molecule has 8 amide bonds. The molecule has 4 N–H and O–H groups in total. The number of amides is 8. The second-order valence-electron chi connectivity index (χ2n) is 34.5. The van der Waals surface area contributed by atoms with Crippen LogP contribution < -0.4 is 21.3 Å². The first kappa shape index (κ1) is 96.5. The van der Waals surface area contributed by atoms with Crippen LogP contribution in [0.4, 0.5) is 28.9 Å². The molecule has 4 fully saturated rings. The average molecular weight is 1710 g/mol. The number of ether oxygens (including phenoxy) is 3. The van der Waals surface area contributed by atoms with Gasteiger partial charge in [0.1, 0.15) is 46.8 Å². The number of carbonyl (C=O) groups excluding carboxylic acids is 13. The van der Waals surface area contributed by atoms with Crippen molar-refractivity contribution in [3.8, 4) is 12.1 Å². The van der Waals surface area contributed by atoms with Gasteiger partial charge in [-0.3, -0.25) is 92.1 Å². The molecule has 2 aromatic heterocycles. The number of nitrogens with one attached hydrogen (secondary N) is 4. The predicted octanol–water partition coefficient (Wildman–Crippen LogP) is 4.72. The summed E-state index contributed by atoms with van der Waals surface area (Å²) in [5.41, 5.74) is -3.17. The maximum atomic E-state index is 15.1. The molecule has 4 atom stereocenters. The number of esters is 3. The summed E-state index contributed by atoms with van der Waals surface area (Å²) < 4.78 is 74.1. The normalized spacial score (nSPS) is 18.8. The number of halogens is 4. The zero-order valence-electron chi connectivity index (χ0n) is 71.1. The van der Waals surface area contributed by atoms with Crippen molar-refractivity contribution in [2.75, 3.05) is 148 Å². The van der Waals surface area contributed by atoms with Gasteiger partial charge in [0.05, 0.1) is 97.5 Å². The molecule has 8 rings (SSSR count). The van der Waals surface area contributed by atoms with Crippen LogP contribution in [0.1, 0.15) is 149 Å². The van der Waals surface area contributed by atoms with Crippen LogP contribution in [0.5, 0.6) is 0 Å². The third-order valence-electron chi connectivity index (χ3n) is 20.0. The fourth-order valence-electron chi connectivity index (χ4n) is 14.3. The van der Waals surface area contributed by atoms with Crippen LogP contribution in [0, 0.1) is 22.7 Å². The summed E-state index contributed by atoms with van der Waals surface area (Å²) in [6.45, 7) is 16.7. The molecule has 664 valence electrons. The number of pyridine rings is 2. The van der Waals surface area contributed by atoms with E-state index < -0.39 is 194 Å². The van der Waals surface area contributed by atoms with Crippen LogP contribution in [0.25, 0.3) is 21.8 Å². The maximum absolute atomic E-state index is 15.1. The molecular weight excluding hydrogens is 1600 g/mol. The molecule has 2 unspecified atom stereocenters. The molecule has 2 aromatic carbocycles.